The van der Waals surface area contributed by atoms with Gasteiger partial charge in [-0.15, -0.1) is 11.3 Å². The van der Waals surface area contributed by atoms with Crippen molar-refractivity contribution < 1.29 is 0 Å². The zero-order valence-electron chi connectivity index (χ0n) is 9.73. The van der Waals surface area contributed by atoms with Gasteiger partial charge in [-0.3, -0.25) is 0 Å². The number of nitrogens with one attached hydrogen (secondary N) is 1. The zero-order chi connectivity index (χ0) is 12.3. The molecular weight excluding hydrogens is 228 g/mol. The maximum atomic E-state index is 4.53. The summed E-state index contributed by atoms with van der Waals surface area (Å²) in [5, 5.41) is 4.09. The molecule has 0 unspecified atom stereocenters. The molecule has 0 spiro atoms. The van der Waals surface area contributed by atoms with Gasteiger partial charge in [0.25, 0.3) is 0 Å². The van der Waals surface area contributed by atoms with Gasteiger partial charge in [0.2, 0.25) is 0 Å². The second-order valence-corrected chi connectivity index (χ2v) is 4.53. The molecule has 0 saturated carbocycles. The lowest BCUT2D eigenvalue weighted by Crippen LogP contribution is -1.86. The molecule has 0 aliphatic heterocycles. The van der Waals surface area contributed by atoms with Gasteiger partial charge in [0.1, 0.15) is 5.01 Å². The van der Waals surface area contributed by atoms with Gasteiger partial charge in [0.15, 0.2) is 0 Å². The number of hydrogen-bond donors (Lipinski definition) is 1. The largest absolute Gasteiger partial charge is 0.388 e. The third kappa shape index (κ3) is 2.29. The fourth-order valence-electron chi connectivity index (χ4n) is 1.54. The Hall–Kier alpha value is -1.87. The normalized spacial score (nSPS) is 9.94. The van der Waals surface area contributed by atoms with Crippen molar-refractivity contribution in [3.63, 3.8) is 0 Å². The lowest BCUT2D eigenvalue weighted by Gasteiger charge is -2.00. The first-order chi connectivity index (χ1) is 8.28. The van der Waals surface area contributed by atoms with E-state index in [0.717, 1.165) is 26.8 Å². The summed E-state index contributed by atoms with van der Waals surface area (Å²) in [7, 11) is 1.91. The van der Waals surface area contributed by atoms with Crippen molar-refractivity contribution in [3.05, 3.63) is 48.0 Å². The Morgan fingerprint density at radius 3 is 2.35 bits per heavy atom. The summed E-state index contributed by atoms with van der Waals surface area (Å²) in [6, 6.07) is 8.20. The fraction of sp³-hybridized carbons (Fsp3) is 0.0714. The predicted molar refractivity (Wildman–Crippen MR) is 77.3 cm³/mol. The first kappa shape index (κ1) is 11.6. The molecule has 0 radical (unpaired) electrons. The number of benzene rings is 1. The van der Waals surface area contributed by atoms with E-state index in [-0.39, 0.29) is 0 Å². The van der Waals surface area contributed by atoms with Gasteiger partial charge in [0, 0.05) is 18.3 Å². The Morgan fingerprint density at radius 1 is 1.18 bits per heavy atom. The van der Waals surface area contributed by atoms with Crippen LogP contribution >= 0.6 is 11.3 Å². The van der Waals surface area contributed by atoms with Crippen molar-refractivity contribution in [1.82, 2.24) is 4.98 Å². The van der Waals surface area contributed by atoms with Crippen LogP contribution in [0.5, 0.6) is 0 Å². The van der Waals surface area contributed by atoms with Crippen molar-refractivity contribution in [2.75, 3.05) is 12.4 Å². The number of thiazole rings is 1. The smallest absolute Gasteiger partial charge is 0.124 e. The monoisotopic (exact) mass is 242 g/mol. The molecule has 1 aromatic carbocycles. The minimum Gasteiger partial charge on any atom is -0.388 e. The molecule has 0 aliphatic carbocycles. The molecule has 0 atom stereocenters. The first-order valence-corrected chi connectivity index (χ1v) is 6.14. The third-order valence-corrected chi connectivity index (χ3v) is 3.60. The summed E-state index contributed by atoms with van der Waals surface area (Å²) in [5.41, 5.74) is 3.11. The minimum absolute atomic E-state index is 0.901. The molecule has 0 bridgehead atoms. The van der Waals surface area contributed by atoms with E-state index in [9.17, 15) is 0 Å². The molecule has 2 rings (SSSR count). The minimum atomic E-state index is 0.901. The molecule has 17 heavy (non-hydrogen) atoms. The topological polar surface area (TPSA) is 24.9 Å². The third-order valence-electron chi connectivity index (χ3n) is 2.48. The van der Waals surface area contributed by atoms with E-state index in [4.69, 9.17) is 0 Å². The van der Waals surface area contributed by atoms with Crippen molar-refractivity contribution >= 4 is 29.2 Å². The van der Waals surface area contributed by atoms with Crippen LogP contribution in [-0.4, -0.2) is 12.0 Å². The maximum absolute atomic E-state index is 4.53. The standard InChI is InChI=1S/C14H14N2S/c1-4-12-13(5-2)17-14(16-12)10-6-8-11(15-3)9-7-10/h4-9,15H,1-2H2,3H3. The number of nitrogens with zero attached hydrogens (tertiary/aromatic N) is 1. The molecule has 0 saturated heterocycles. The number of anilines is 1. The summed E-state index contributed by atoms with van der Waals surface area (Å²) in [5.74, 6) is 0. The van der Waals surface area contributed by atoms with E-state index in [1.807, 2.05) is 25.3 Å². The highest BCUT2D eigenvalue weighted by Crippen LogP contribution is 2.30. The van der Waals surface area contributed by atoms with Crippen LogP contribution in [0.3, 0.4) is 0 Å². The molecule has 0 fully saturated rings. The van der Waals surface area contributed by atoms with Gasteiger partial charge in [0.05, 0.1) is 10.6 Å². The van der Waals surface area contributed by atoms with Crippen LogP contribution in [0.2, 0.25) is 0 Å². The molecule has 1 N–H and O–H groups in total. The van der Waals surface area contributed by atoms with Crippen LogP contribution in [0.15, 0.2) is 37.4 Å². The molecule has 1 heterocycles. The van der Waals surface area contributed by atoms with E-state index in [2.05, 4.69) is 35.6 Å². The van der Waals surface area contributed by atoms with Crippen molar-refractivity contribution in [2.24, 2.45) is 0 Å². The average Bonchev–Trinajstić information content (AvgIpc) is 2.82. The van der Waals surface area contributed by atoms with E-state index >= 15 is 0 Å². The number of hydrogen-bond acceptors (Lipinski definition) is 3. The van der Waals surface area contributed by atoms with E-state index in [0.29, 0.717) is 0 Å². The molecule has 2 nitrogen and oxygen atoms in total. The van der Waals surface area contributed by atoms with E-state index in [1.165, 1.54) is 0 Å². The highest BCUT2D eigenvalue weighted by molar-refractivity contribution is 7.16. The zero-order valence-corrected chi connectivity index (χ0v) is 10.6. The summed E-state index contributed by atoms with van der Waals surface area (Å²) in [6.07, 6.45) is 3.58. The van der Waals surface area contributed by atoms with E-state index in [1.54, 1.807) is 17.4 Å². The molecule has 1 aromatic heterocycles. The van der Waals surface area contributed by atoms with Crippen LogP contribution in [0.1, 0.15) is 10.6 Å². The molecule has 0 amide bonds. The Kier molecular flexibility index (Phi) is 3.40. The van der Waals surface area contributed by atoms with Gasteiger partial charge < -0.3 is 5.32 Å². The number of rotatable bonds is 4. The highest BCUT2D eigenvalue weighted by atomic mass is 32.1. The summed E-state index contributed by atoms with van der Waals surface area (Å²) in [4.78, 5) is 5.60. The van der Waals surface area contributed by atoms with Gasteiger partial charge in [-0.05, 0) is 36.4 Å². The molecule has 0 aliphatic rings. The summed E-state index contributed by atoms with van der Waals surface area (Å²) < 4.78 is 0. The molecular formula is C14H14N2S. The Morgan fingerprint density at radius 2 is 1.88 bits per heavy atom. The average molecular weight is 242 g/mol. The van der Waals surface area contributed by atoms with Gasteiger partial charge in [-0.2, -0.15) is 0 Å². The summed E-state index contributed by atoms with van der Waals surface area (Å²) in [6.45, 7) is 7.55. The SMILES string of the molecule is C=Cc1nc(-c2ccc(NC)cc2)sc1C=C. The first-order valence-electron chi connectivity index (χ1n) is 5.32. The van der Waals surface area contributed by atoms with Crippen molar-refractivity contribution in [3.8, 4) is 10.6 Å². The van der Waals surface area contributed by atoms with Crippen LogP contribution < -0.4 is 5.32 Å². The molecule has 86 valence electrons. The van der Waals surface area contributed by atoms with Crippen LogP contribution in [0.4, 0.5) is 5.69 Å². The second kappa shape index (κ2) is 4.97. The van der Waals surface area contributed by atoms with Crippen molar-refractivity contribution in [1.29, 1.82) is 0 Å². The molecule has 2 aromatic rings. The van der Waals surface area contributed by atoms with Gasteiger partial charge in [-0.25, -0.2) is 4.98 Å². The number of aromatic nitrogens is 1. The van der Waals surface area contributed by atoms with Gasteiger partial charge in [-0.1, -0.05) is 13.2 Å². The quantitative estimate of drug-likeness (QED) is 0.871. The molecule has 3 heteroatoms. The Bertz CT molecular complexity index is 512. The second-order valence-electron chi connectivity index (χ2n) is 3.50. The Labute approximate surface area is 105 Å². The lowest BCUT2D eigenvalue weighted by molar-refractivity contribution is 1.37. The predicted octanol–water partition coefficient (Wildman–Crippen LogP) is 4.14. The lowest BCUT2D eigenvalue weighted by atomic mass is 10.2. The van der Waals surface area contributed by atoms with Crippen molar-refractivity contribution in [2.45, 2.75) is 0 Å². The van der Waals surface area contributed by atoms with Crippen LogP contribution in [0, 0.1) is 0 Å². The maximum Gasteiger partial charge on any atom is 0.124 e. The summed E-state index contributed by atoms with van der Waals surface area (Å²) >= 11 is 1.63. The van der Waals surface area contributed by atoms with Gasteiger partial charge >= 0.3 is 0 Å². The Balaban J connectivity index is 2.41. The van der Waals surface area contributed by atoms with Crippen LogP contribution in [0.25, 0.3) is 22.7 Å². The highest BCUT2D eigenvalue weighted by Gasteiger charge is 2.07. The van der Waals surface area contributed by atoms with Crippen LogP contribution in [-0.2, 0) is 0 Å². The fourth-order valence-corrected chi connectivity index (χ4v) is 2.46. The van der Waals surface area contributed by atoms with E-state index < -0.39 is 0 Å².